The maximum absolute atomic E-state index is 13.6. The van der Waals surface area contributed by atoms with Crippen molar-refractivity contribution in [2.45, 2.75) is 88.0 Å². The zero-order valence-corrected chi connectivity index (χ0v) is 19.8. The Hall–Kier alpha value is -1.19. The molecule has 3 rings (SSSR count). The summed E-state index contributed by atoms with van der Waals surface area (Å²) in [6, 6.07) is -1.46. The predicted molar refractivity (Wildman–Crippen MR) is 115 cm³/mol. The molecule has 170 valence electrons. The van der Waals surface area contributed by atoms with Crippen molar-refractivity contribution < 1.29 is 24.2 Å². The van der Waals surface area contributed by atoms with Gasteiger partial charge in [-0.3, -0.25) is 14.4 Å². The number of rotatable bonds is 9. The minimum atomic E-state index is -1.07. The summed E-state index contributed by atoms with van der Waals surface area (Å²) < 4.78 is 6.37. The normalized spacial score (nSPS) is 36.5. The average molecular weight is 488 g/mol. The summed E-state index contributed by atoms with van der Waals surface area (Å²) in [6.07, 6.45) is 2.56. The number of nitrogens with one attached hydrogen (secondary N) is 2. The highest BCUT2D eigenvalue weighted by Crippen LogP contribution is 2.60. The molecule has 0 aromatic heterocycles. The first-order valence-corrected chi connectivity index (χ1v) is 12.0. The van der Waals surface area contributed by atoms with Crippen LogP contribution in [0.1, 0.15) is 53.4 Å². The third-order valence-corrected chi connectivity index (χ3v) is 7.52. The minimum absolute atomic E-state index is 0.0404. The average Bonchev–Trinajstić information content (AvgIpc) is 3.29. The molecule has 30 heavy (non-hydrogen) atoms. The van der Waals surface area contributed by atoms with Crippen LogP contribution in [-0.2, 0) is 19.1 Å². The molecule has 3 aliphatic heterocycles. The van der Waals surface area contributed by atoms with E-state index >= 15 is 0 Å². The van der Waals surface area contributed by atoms with E-state index in [2.05, 4.69) is 26.6 Å². The Morgan fingerprint density at radius 3 is 2.60 bits per heavy atom. The Balaban J connectivity index is 1.98. The van der Waals surface area contributed by atoms with E-state index in [-0.39, 0.29) is 35.2 Å². The quantitative estimate of drug-likeness (QED) is 0.419. The van der Waals surface area contributed by atoms with Crippen molar-refractivity contribution in [1.82, 2.24) is 15.5 Å². The van der Waals surface area contributed by atoms with Gasteiger partial charge in [-0.15, -0.1) is 0 Å². The second-order valence-electron chi connectivity index (χ2n) is 8.93. The van der Waals surface area contributed by atoms with Crippen molar-refractivity contribution in [1.29, 1.82) is 0 Å². The standard InChI is InChI=1S/C21H34BrN3O5/c1-5-7-11(3)24-19(28)17-21-9-13(22)16(30-21)14(18(27)23-8-6-2)15(21)20(29)25(17)12(4)10-26/h11-17,26H,5-10H2,1-4H3,(H,23,27)(H,24,28)/t11?,12-,13?,14+,15+,16+,17?,21?/m1/s1. The number of hydrogen-bond acceptors (Lipinski definition) is 5. The number of alkyl halides is 1. The second-order valence-corrected chi connectivity index (χ2v) is 10.1. The first kappa shape index (κ1) is 23.5. The molecule has 1 spiro atoms. The van der Waals surface area contributed by atoms with Crippen LogP contribution >= 0.6 is 15.9 Å². The van der Waals surface area contributed by atoms with Crippen LogP contribution in [0, 0.1) is 11.8 Å². The highest BCUT2D eigenvalue weighted by Gasteiger charge is 2.76. The van der Waals surface area contributed by atoms with E-state index in [1.54, 1.807) is 6.92 Å². The van der Waals surface area contributed by atoms with Crippen LogP contribution in [0.4, 0.5) is 0 Å². The van der Waals surface area contributed by atoms with E-state index in [0.29, 0.717) is 13.0 Å². The summed E-state index contributed by atoms with van der Waals surface area (Å²) in [7, 11) is 0. The summed E-state index contributed by atoms with van der Waals surface area (Å²) in [6.45, 7) is 7.93. The van der Waals surface area contributed by atoms with Gasteiger partial charge in [0.2, 0.25) is 17.7 Å². The Morgan fingerprint density at radius 2 is 2.00 bits per heavy atom. The number of carbonyl (C=O) groups is 3. The Labute approximate surface area is 186 Å². The molecule has 4 unspecified atom stereocenters. The molecule has 3 N–H and O–H groups in total. The van der Waals surface area contributed by atoms with E-state index in [1.807, 2.05) is 20.8 Å². The minimum Gasteiger partial charge on any atom is -0.394 e. The molecule has 0 radical (unpaired) electrons. The van der Waals surface area contributed by atoms with Crippen molar-refractivity contribution >= 4 is 33.7 Å². The van der Waals surface area contributed by atoms with Gasteiger partial charge in [0.15, 0.2) is 0 Å². The highest BCUT2D eigenvalue weighted by atomic mass is 79.9. The van der Waals surface area contributed by atoms with Gasteiger partial charge < -0.3 is 25.4 Å². The van der Waals surface area contributed by atoms with E-state index in [4.69, 9.17) is 4.74 Å². The van der Waals surface area contributed by atoms with Crippen molar-refractivity contribution in [3.63, 3.8) is 0 Å². The van der Waals surface area contributed by atoms with E-state index in [9.17, 15) is 19.5 Å². The molecule has 3 aliphatic rings. The largest absolute Gasteiger partial charge is 0.394 e. The molecule has 3 fully saturated rings. The van der Waals surface area contributed by atoms with Gasteiger partial charge in [-0.05, 0) is 33.1 Å². The molecule has 3 heterocycles. The topological polar surface area (TPSA) is 108 Å². The van der Waals surface area contributed by atoms with Gasteiger partial charge >= 0.3 is 0 Å². The third kappa shape index (κ3) is 3.66. The van der Waals surface area contributed by atoms with Gasteiger partial charge in [-0.1, -0.05) is 36.2 Å². The number of halogens is 1. The molecule has 0 saturated carbocycles. The van der Waals surface area contributed by atoms with Gasteiger partial charge in [-0.2, -0.15) is 0 Å². The monoisotopic (exact) mass is 487 g/mol. The van der Waals surface area contributed by atoms with E-state index < -0.39 is 35.6 Å². The number of likely N-dealkylation sites (tertiary alicyclic amines) is 1. The Morgan fingerprint density at radius 1 is 1.30 bits per heavy atom. The van der Waals surface area contributed by atoms with E-state index in [1.165, 1.54) is 4.90 Å². The first-order chi connectivity index (χ1) is 14.2. The summed E-state index contributed by atoms with van der Waals surface area (Å²) >= 11 is 3.63. The summed E-state index contributed by atoms with van der Waals surface area (Å²) in [5.41, 5.74) is -1.07. The maximum atomic E-state index is 13.6. The number of aliphatic hydroxyl groups is 1. The molecule has 2 bridgehead atoms. The molecule has 0 aliphatic carbocycles. The summed E-state index contributed by atoms with van der Waals surface area (Å²) in [5, 5.41) is 15.7. The van der Waals surface area contributed by atoms with Gasteiger partial charge in [0, 0.05) is 17.4 Å². The number of aliphatic hydroxyl groups excluding tert-OH is 1. The zero-order valence-electron chi connectivity index (χ0n) is 18.2. The fourth-order valence-electron chi connectivity index (χ4n) is 5.42. The predicted octanol–water partition coefficient (Wildman–Crippen LogP) is 0.946. The molecular formula is C21H34BrN3O5. The van der Waals surface area contributed by atoms with Crippen LogP contribution in [0.25, 0.3) is 0 Å². The van der Waals surface area contributed by atoms with Crippen molar-refractivity contribution in [2.24, 2.45) is 11.8 Å². The molecular weight excluding hydrogens is 454 g/mol. The molecule has 3 saturated heterocycles. The van der Waals surface area contributed by atoms with Gasteiger partial charge in [0.1, 0.15) is 11.6 Å². The van der Waals surface area contributed by atoms with Gasteiger partial charge in [0.05, 0.1) is 30.6 Å². The van der Waals surface area contributed by atoms with Crippen molar-refractivity contribution in [3.8, 4) is 0 Å². The Kier molecular flexibility index (Phi) is 7.14. The van der Waals surface area contributed by atoms with Crippen LogP contribution in [0.3, 0.4) is 0 Å². The smallest absolute Gasteiger partial charge is 0.246 e. The Bertz CT molecular complexity index is 692. The molecule has 8 nitrogen and oxygen atoms in total. The van der Waals surface area contributed by atoms with E-state index in [0.717, 1.165) is 19.3 Å². The van der Waals surface area contributed by atoms with Gasteiger partial charge in [0.25, 0.3) is 0 Å². The molecule has 3 amide bonds. The third-order valence-electron chi connectivity index (χ3n) is 6.68. The lowest BCUT2D eigenvalue weighted by Gasteiger charge is -2.36. The van der Waals surface area contributed by atoms with Crippen molar-refractivity contribution in [3.05, 3.63) is 0 Å². The fraction of sp³-hybridized carbons (Fsp3) is 0.857. The highest BCUT2D eigenvalue weighted by molar-refractivity contribution is 9.09. The van der Waals surface area contributed by atoms with Crippen molar-refractivity contribution in [2.75, 3.05) is 13.2 Å². The molecule has 0 aromatic carbocycles. The maximum Gasteiger partial charge on any atom is 0.246 e. The number of hydrogen-bond donors (Lipinski definition) is 3. The molecule has 0 aromatic rings. The molecule has 8 atom stereocenters. The lowest BCUT2D eigenvalue weighted by molar-refractivity contribution is -0.145. The molecule has 9 heteroatoms. The number of ether oxygens (including phenoxy) is 1. The number of carbonyl (C=O) groups excluding carboxylic acids is 3. The van der Waals surface area contributed by atoms with Crippen LogP contribution in [0.5, 0.6) is 0 Å². The van der Waals surface area contributed by atoms with Crippen LogP contribution in [0.2, 0.25) is 0 Å². The second kappa shape index (κ2) is 9.12. The fourth-order valence-corrected chi connectivity index (χ4v) is 6.36. The number of fused-ring (bicyclic) bond motifs is 1. The van der Waals surface area contributed by atoms with Gasteiger partial charge in [-0.25, -0.2) is 0 Å². The van der Waals surface area contributed by atoms with Crippen LogP contribution < -0.4 is 10.6 Å². The summed E-state index contributed by atoms with van der Waals surface area (Å²) in [4.78, 5) is 41.3. The first-order valence-electron chi connectivity index (χ1n) is 11.1. The SMILES string of the molecule is CCCNC(=O)[C@H]1[C@H]2C(=O)N([C@H](C)CO)C(C(=O)NC(C)CCC)C23CC(Br)[C@@H]1O3. The summed E-state index contributed by atoms with van der Waals surface area (Å²) in [5.74, 6) is -2.13. The van der Waals surface area contributed by atoms with Crippen LogP contribution in [0.15, 0.2) is 0 Å². The van der Waals surface area contributed by atoms with Crippen LogP contribution in [-0.4, -0.2) is 75.5 Å². The number of amides is 3. The lowest BCUT2D eigenvalue weighted by Crippen LogP contribution is -2.58. The number of nitrogens with zero attached hydrogens (tertiary/aromatic N) is 1. The zero-order chi connectivity index (χ0) is 22.2. The lowest BCUT2D eigenvalue weighted by atomic mass is 9.70.